The van der Waals surface area contributed by atoms with Crippen molar-refractivity contribution in [3.8, 4) is 0 Å². The average molecular weight is 367 g/mol. The second-order valence-corrected chi connectivity index (χ2v) is 7.48. The summed E-state index contributed by atoms with van der Waals surface area (Å²) in [6.07, 6.45) is -0.379. The van der Waals surface area contributed by atoms with E-state index in [1.54, 1.807) is 4.90 Å². The Morgan fingerprint density at radius 3 is 2.38 bits per heavy atom. The quantitative estimate of drug-likeness (QED) is 0.591. The van der Waals surface area contributed by atoms with Crippen LogP contribution in [-0.4, -0.2) is 59.8 Å². The minimum atomic E-state index is -0.738. The molecular formula is C18H26FN3O4. The van der Waals surface area contributed by atoms with Gasteiger partial charge in [0.1, 0.15) is 5.60 Å². The molecule has 0 spiro atoms. The van der Waals surface area contributed by atoms with Crippen molar-refractivity contribution in [3.05, 3.63) is 23.8 Å². The van der Waals surface area contributed by atoms with E-state index in [9.17, 15) is 14.0 Å². The molecule has 0 bridgehead atoms. The van der Waals surface area contributed by atoms with Crippen molar-refractivity contribution < 1.29 is 23.5 Å². The molecule has 7 nitrogen and oxygen atoms in total. The fourth-order valence-corrected chi connectivity index (χ4v) is 2.90. The van der Waals surface area contributed by atoms with Crippen molar-refractivity contribution in [3.63, 3.8) is 0 Å². The second kappa shape index (κ2) is 7.47. The Kier molecular flexibility index (Phi) is 5.73. The molecule has 0 radical (unpaired) electrons. The fraction of sp³-hybridized carbons (Fsp3) is 0.611. The maximum absolute atomic E-state index is 14.4. The van der Waals surface area contributed by atoms with Crippen LogP contribution in [-0.2, 0) is 9.47 Å². The standard InChI is InChI=1S/C18H26FN3O4/c1-11-10-22(17(24)26-18(3,4)5)12(2)9-21(11)14-8-7-13(16(23)25-6)20-15(14)19/h7-8,11-12H,9-10H2,1-6H3/t11-,12+/m0/s1. The highest BCUT2D eigenvalue weighted by molar-refractivity contribution is 5.87. The maximum Gasteiger partial charge on any atom is 0.410 e. The van der Waals surface area contributed by atoms with Crippen molar-refractivity contribution in [2.75, 3.05) is 25.1 Å². The summed E-state index contributed by atoms with van der Waals surface area (Å²) in [5, 5.41) is 0. The molecule has 2 rings (SSSR count). The smallest absolute Gasteiger partial charge is 0.410 e. The number of piperazine rings is 1. The molecule has 1 aromatic rings. The predicted octanol–water partition coefficient (Wildman–Crippen LogP) is 2.84. The lowest BCUT2D eigenvalue weighted by atomic mass is 10.1. The van der Waals surface area contributed by atoms with Crippen molar-refractivity contribution >= 4 is 17.7 Å². The highest BCUT2D eigenvalue weighted by Crippen LogP contribution is 2.26. The first-order valence-corrected chi connectivity index (χ1v) is 8.54. The van der Waals surface area contributed by atoms with Crippen LogP contribution in [0.25, 0.3) is 0 Å². The number of hydrogen-bond acceptors (Lipinski definition) is 6. The Morgan fingerprint density at radius 1 is 1.19 bits per heavy atom. The Bertz CT molecular complexity index is 690. The van der Waals surface area contributed by atoms with Crippen molar-refractivity contribution in [1.29, 1.82) is 0 Å². The first-order valence-electron chi connectivity index (χ1n) is 8.54. The van der Waals surface area contributed by atoms with E-state index < -0.39 is 17.5 Å². The largest absolute Gasteiger partial charge is 0.464 e. The number of nitrogens with zero attached hydrogens (tertiary/aromatic N) is 3. The van der Waals surface area contributed by atoms with Crippen LogP contribution in [0.1, 0.15) is 45.1 Å². The maximum atomic E-state index is 14.4. The van der Waals surface area contributed by atoms with Gasteiger partial charge in [-0.1, -0.05) is 0 Å². The van der Waals surface area contributed by atoms with Crippen LogP contribution in [0.5, 0.6) is 0 Å². The van der Waals surface area contributed by atoms with Gasteiger partial charge in [0.05, 0.1) is 12.8 Å². The summed E-state index contributed by atoms with van der Waals surface area (Å²) in [7, 11) is 1.22. The highest BCUT2D eigenvalue weighted by atomic mass is 19.1. The minimum absolute atomic E-state index is 0.0816. The normalized spacial score (nSPS) is 20.7. The van der Waals surface area contributed by atoms with Crippen LogP contribution in [0, 0.1) is 5.95 Å². The van der Waals surface area contributed by atoms with Gasteiger partial charge in [-0.15, -0.1) is 0 Å². The summed E-state index contributed by atoms with van der Waals surface area (Å²) in [6, 6.07) is 2.64. The third kappa shape index (κ3) is 4.42. The van der Waals surface area contributed by atoms with Gasteiger partial charge in [-0.25, -0.2) is 14.6 Å². The molecule has 2 atom stereocenters. The molecule has 1 fully saturated rings. The third-order valence-corrected chi connectivity index (χ3v) is 4.15. The second-order valence-electron chi connectivity index (χ2n) is 7.48. The number of hydrogen-bond donors (Lipinski definition) is 0. The number of carbonyl (C=O) groups is 2. The van der Waals surface area contributed by atoms with Crippen molar-refractivity contribution in [2.24, 2.45) is 0 Å². The number of ether oxygens (including phenoxy) is 2. The lowest BCUT2D eigenvalue weighted by Gasteiger charge is -2.45. The van der Waals surface area contributed by atoms with Crippen LogP contribution >= 0.6 is 0 Å². The number of anilines is 1. The van der Waals surface area contributed by atoms with Gasteiger partial charge in [0.2, 0.25) is 5.95 Å². The lowest BCUT2D eigenvalue weighted by Crippen LogP contribution is -2.59. The molecule has 1 amide bonds. The van der Waals surface area contributed by atoms with Crippen molar-refractivity contribution in [2.45, 2.75) is 52.3 Å². The molecule has 1 aliphatic rings. The number of halogens is 1. The van der Waals surface area contributed by atoms with Gasteiger partial charge < -0.3 is 19.3 Å². The summed E-state index contributed by atoms with van der Waals surface area (Å²) in [5.41, 5.74) is -0.362. The van der Waals surface area contributed by atoms with E-state index in [1.807, 2.05) is 39.5 Å². The zero-order chi connectivity index (χ0) is 19.6. The first-order chi connectivity index (χ1) is 12.0. The molecule has 0 unspecified atom stereocenters. The summed E-state index contributed by atoms with van der Waals surface area (Å²) in [5.74, 6) is -1.43. The number of esters is 1. The van der Waals surface area contributed by atoms with E-state index in [2.05, 4.69) is 9.72 Å². The van der Waals surface area contributed by atoms with E-state index in [4.69, 9.17) is 4.74 Å². The lowest BCUT2D eigenvalue weighted by molar-refractivity contribution is 0.0129. The Labute approximate surface area is 153 Å². The molecule has 0 aliphatic carbocycles. The van der Waals surface area contributed by atoms with Crippen LogP contribution < -0.4 is 4.90 Å². The number of aromatic nitrogens is 1. The first kappa shape index (κ1) is 19.9. The molecule has 26 heavy (non-hydrogen) atoms. The number of methoxy groups -OCH3 is 1. The van der Waals surface area contributed by atoms with Crippen LogP contribution in [0.3, 0.4) is 0 Å². The molecule has 2 heterocycles. The van der Waals surface area contributed by atoms with E-state index in [0.717, 1.165) is 0 Å². The van der Waals surface area contributed by atoms with E-state index in [1.165, 1.54) is 19.2 Å². The summed E-state index contributed by atoms with van der Waals surface area (Å²) >= 11 is 0. The van der Waals surface area contributed by atoms with Crippen LogP contribution in [0.4, 0.5) is 14.9 Å². The van der Waals surface area contributed by atoms with Gasteiger partial charge in [-0.2, -0.15) is 4.39 Å². The van der Waals surface area contributed by atoms with Gasteiger partial charge in [0, 0.05) is 25.2 Å². The Morgan fingerprint density at radius 2 is 1.85 bits per heavy atom. The molecule has 144 valence electrons. The third-order valence-electron chi connectivity index (χ3n) is 4.15. The summed E-state index contributed by atoms with van der Waals surface area (Å²) < 4.78 is 24.4. The van der Waals surface area contributed by atoms with E-state index in [-0.39, 0.29) is 23.9 Å². The number of amides is 1. The molecular weight excluding hydrogens is 341 g/mol. The van der Waals surface area contributed by atoms with Gasteiger partial charge in [-0.05, 0) is 46.8 Å². The van der Waals surface area contributed by atoms with E-state index >= 15 is 0 Å². The molecule has 1 saturated heterocycles. The van der Waals surface area contributed by atoms with Crippen molar-refractivity contribution in [1.82, 2.24) is 9.88 Å². The number of rotatable bonds is 2. The zero-order valence-electron chi connectivity index (χ0n) is 16.1. The fourth-order valence-electron chi connectivity index (χ4n) is 2.90. The molecule has 8 heteroatoms. The summed E-state index contributed by atoms with van der Waals surface area (Å²) in [6.45, 7) is 10.1. The molecule has 0 saturated carbocycles. The van der Waals surface area contributed by atoms with E-state index in [0.29, 0.717) is 18.8 Å². The molecule has 0 aromatic carbocycles. The summed E-state index contributed by atoms with van der Waals surface area (Å²) in [4.78, 5) is 31.0. The van der Waals surface area contributed by atoms with Crippen LogP contribution in [0.2, 0.25) is 0 Å². The van der Waals surface area contributed by atoms with Gasteiger partial charge >= 0.3 is 12.1 Å². The minimum Gasteiger partial charge on any atom is -0.464 e. The Balaban J connectivity index is 2.17. The topological polar surface area (TPSA) is 72.0 Å². The van der Waals surface area contributed by atoms with Crippen LogP contribution in [0.15, 0.2) is 12.1 Å². The average Bonchev–Trinajstić information content (AvgIpc) is 2.54. The molecule has 1 aromatic heterocycles. The number of pyridine rings is 1. The predicted molar refractivity (Wildman–Crippen MR) is 94.7 cm³/mol. The number of carbonyl (C=O) groups excluding carboxylic acids is 2. The monoisotopic (exact) mass is 367 g/mol. The van der Waals surface area contributed by atoms with Gasteiger partial charge in [-0.3, -0.25) is 0 Å². The Hall–Kier alpha value is -2.38. The van der Waals surface area contributed by atoms with Gasteiger partial charge in [0.25, 0.3) is 0 Å². The van der Waals surface area contributed by atoms with Gasteiger partial charge in [0.15, 0.2) is 5.69 Å². The SMILES string of the molecule is COC(=O)c1ccc(N2C[C@@H](C)N(C(=O)OC(C)(C)C)C[C@@H]2C)c(F)n1. The molecule has 0 N–H and O–H groups in total. The zero-order valence-corrected chi connectivity index (χ0v) is 16.1. The highest BCUT2D eigenvalue weighted by Gasteiger charge is 2.35. The molecule has 1 aliphatic heterocycles.